The van der Waals surface area contributed by atoms with Gasteiger partial charge in [0.1, 0.15) is 0 Å². The second-order valence-electron chi connectivity index (χ2n) is 4.75. The number of aryl methyl sites for hydroxylation is 1. The molecule has 0 aliphatic rings. The van der Waals surface area contributed by atoms with Crippen molar-refractivity contribution < 1.29 is 9.47 Å². The minimum atomic E-state index is 0.695. The summed E-state index contributed by atoms with van der Waals surface area (Å²) in [7, 11) is 1.65. The van der Waals surface area contributed by atoms with Crippen LogP contribution >= 0.6 is 0 Å². The van der Waals surface area contributed by atoms with Gasteiger partial charge < -0.3 is 14.8 Å². The van der Waals surface area contributed by atoms with Crippen molar-refractivity contribution in [2.24, 2.45) is 5.92 Å². The highest BCUT2D eigenvalue weighted by Gasteiger charge is 2.03. The molecular weight excluding hydrogens is 228 g/mol. The first kappa shape index (κ1) is 14.8. The second kappa shape index (κ2) is 7.93. The Morgan fingerprint density at radius 2 is 2.11 bits per heavy atom. The first-order valence-electron chi connectivity index (χ1n) is 6.45. The molecule has 1 aromatic heterocycles. The molecular formula is C14H24N2O2. The molecule has 1 N–H and O–H groups in total. The van der Waals surface area contributed by atoms with Crippen LogP contribution in [0.15, 0.2) is 12.3 Å². The average molecular weight is 252 g/mol. The van der Waals surface area contributed by atoms with Crippen LogP contribution in [-0.4, -0.2) is 31.9 Å². The van der Waals surface area contributed by atoms with Crippen LogP contribution in [-0.2, 0) is 4.74 Å². The van der Waals surface area contributed by atoms with Crippen LogP contribution in [0.25, 0.3) is 0 Å². The van der Waals surface area contributed by atoms with Crippen molar-refractivity contribution in [3.8, 4) is 5.75 Å². The number of rotatable bonds is 8. The Kier molecular flexibility index (Phi) is 6.50. The molecule has 0 amide bonds. The summed E-state index contributed by atoms with van der Waals surface area (Å²) in [5.41, 5.74) is 1.94. The van der Waals surface area contributed by atoms with Crippen LogP contribution in [0.2, 0.25) is 0 Å². The fourth-order valence-corrected chi connectivity index (χ4v) is 1.53. The summed E-state index contributed by atoms with van der Waals surface area (Å²) in [5, 5.41) is 3.30. The highest BCUT2D eigenvalue weighted by atomic mass is 16.5. The molecule has 0 aliphatic carbocycles. The number of anilines is 1. The average Bonchev–Trinajstić information content (AvgIpc) is 2.33. The molecule has 1 rings (SSSR count). The number of ether oxygens (including phenoxy) is 2. The monoisotopic (exact) mass is 252 g/mol. The highest BCUT2D eigenvalue weighted by Crippen LogP contribution is 2.22. The molecule has 4 nitrogen and oxygen atoms in total. The second-order valence-corrected chi connectivity index (χ2v) is 4.75. The van der Waals surface area contributed by atoms with Crippen molar-refractivity contribution in [2.45, 2.75) is 27.2 Å². The van der Waals surface area contributed by atoms with E-state index >= 15 is 0 Å². The molecule has 4 heteroatoms. The molecule has 0 aromatic carbocycles. The van der Waals surface area contributed by atoms with Gasteiger partial charge in [0.25, 0.3) is 0 Å². The van der Waals surface area contributed by atoms with Crippen molar-refractivity contribution in [1.29, 1.82) is 0 Å². The van der Waals surface area contributed by atoms with Gasteiger partial charge in [-0.2, -0.15) is 0 Å². The lowest BCUT2D eigenvalue weighted by atomic mass is 10.1. The topological polar surface area (TPSA) is 43.4 Å². The third-order valence-corrected chi connectivity index (χ3v) is 2.63. The highest BCUT2D eigenvalue weighted by molar-refractivity contribution is 5.55. The van der Waals surface area contributed by atoms with Crippen LogP contribution in [0.4, 0.5) is 5.69 Å². The lowest BCUT2D eigenvalue weighted by molar-refractivity contribution is 0.132. The van der Waals surface area contributed by atoms with Crippen LogP contribution in [0, 0.1) is 12.8 Å². The van der Waals surface area contributed by atoms with Gasteiger partial charge in [0.15, 0.2) is 5.75 Å². The van der Waals surface area contributed by atoms with Crippen LogP contribution < -0.4 is 10.1 Å². The summed E-state index contributed by atoms with van der Waals surface area (Å²) in [4.78, 5) is 4.19. The number of pyridine rings is 1. The minimum absolute atomic E-state index is 0.695. The molecule has 0 atom stereocenters. The third kappa shape index (κ3) is 5.36. The zero-order valence-corrected chi connectivity index (χ0v) is 11.8. The summed E-state index contributed by atoms with van der Waals surface area (Å²) in [6.07, 6.45) is 2.84. The van der Waals surface area contributed by atoms with Gasteiger partial charge >= 0.3 is 0 Å². The molecule has 102 valence electrons. The van der Waals surface area contributed by atoms with Gasteiger partial charge in [-0.3, -0.25) is 4.98 Å². The number of methoxy groups -OCH3 is 1. The summed E-state index contributed by atoms with van der Waals surface area (Å²) < 4.78 is 10.8. The van der Waals surface area contributed by atoms with Gasteiger partial charge in [0, 0.05) is 18.8 Å². The van der Waals surface area contributed by atoms with Crippen molar-refractivity contribution in [3.05, 3.63) is 18.0 Å². The lowest BCUT2D eigenvalue weighted by Crippen LogP contribution is -2.11. The quantitative estimate of drug-likeness (QED) is 0.722. The molecule has 0 spiro atoms. The Balaban J connectivity index is 2.28. The Hall–Kier alpha value is -1.29. The van der Waals surface area contributed by atoms with Crippen molar-refractivity contribution in [3.63, 3.8) is 0 Å². The normalized spacial score (nSPS) is 10.7. The maximum Gasteiger partial charge on any atom is 0.160 e. The summed E-state index contributed by atoms with van der Waals surface area (Å²) in [6, 6.07) is 1.98. The molecule has 0 radical (unpaired) electrons. The molecule has 18 heavy (non-hydrogen) atoms. The summed E-state index contributed by atoms with van der Waals surface area (Å²) >= 11 is 0. The van der Waals surface area contributed by atoms with Crippen LogP contribution in [0.3, 0.4) is 0 Å². The molecule has 0 saturated carbocycles. The van der Waals surface area contributed by atoms with E-state index in [0.29, 0.717) is 12.5 Å². The molecule has 0 fully saturated rings. The van der Waals surface area contributed by atoms with Crippen molar-refractivity contribution in [1.82, 2.24) is 4.98 Å². The van der Waals surface area contributed by atoms with E-state index in [2.05, 4.69) is 24.1 Å². The Morgan fingerprint density at radius 1 is 1.33 bits per heavy atom. The number of nitrogens with zero attached hydrogens (tertiary/aromatic N) is 1. The lowest BCUT2D eigenvalue weighted by Gasteiger charge is -2.12. The van der Waals surface area contributed by atoms with E-state index in [1.54, 1.807) is 13.3 Å². The molecule has 1 aromatic rings. The number of aromatic nitrogens is 1. The SMILES string of the molecule is COc1cnc(C)cc1NCCOCCC(C)C. The molecule has 0 aliphatic heterocycles. The van der Waals surface area contributed by atoms with Crippen LogP contribution in [0.1, 0.15) is 26.0 Å². The Labute approximate surface area is 110 Å². The largest absolute Gasteiger partial charge is 0.493 e. The number of hydrogen-bond acceptors (Lipinski definition) is 4. The van der Waals surface area contributed by atoms with E-state index < -0.39 is 0 Å². The third-order valence-electron chi connectivity index (χ3n) is 2.63. The van der Waals surface area contributed by atoms with E-state index in [9.17, 15) is 0 Å². The van der Waals surface area contributed by atoms with Gasteiger partial charge in [-0.25, -0.2) is 0 Å². The van der Waals surface area contributed by atoms with Gasteiger partial charge in [0.05, 0.1) is 25.6 Å². The fraction of sp³-hybridized carbons (Fsp3) is 0.643. The van der Waals surface area contributed by atoms with Crippen molar-refractivity contribution in [2.75, 3.05) is 32.2 Å². The van der Waals surface area contributed by atoms with E-state index in [4.69, 9.17) is 9.47 Å². The number of hydrogen-bond donors (Lipinski definition) is 1. The zero-order chi connectivity index (χ0) is 13.4. The summed E-state index contributed by atoms with van der Waals surface area (Å²) in [5.74, 6) is 1.46. The smallest absolute Gasteiger partial charge is 0.160 e. The maximum absolute atomic E-state index is 5.55. The van der Waals surface area contributed by atoms with Gasteiger partial charge in [-0.05, 0) is 25.3 Å². The maximum atomic E-state index is 5.55. The van der Waals surface area contributed by atoms with E-state index in [0.717, 1.165) is 36.7 Å². The molecule has 0 unspecified atom stereocenters. The predicted molar refractivity (Wildman–Crippen MR) is 74.3 cm³/mol. The van der Waals surface area contributed by atoms with Gasteiger partial charge in [-0.15, -0.1) is 0 Å². The predicted octanol–water partition coefficient (Wildman–Crippen LogP) is 2.87. The Bertz CT molecular complexity index is 354. The zero-order valence-electron chi connectivity index (χ0n) is 11.8. The van der Waals surface area contributed by atoms with Gasteiger partial charge in [0.2, 0.25) is 0 Å². The number of nitrogens with one attached hydrogen (secondary N) is 1. The van der Waals surface area contributed by atoms with E-state index in [1.807, 2.05) is 13.0 Å². The first-order valence-corrected chi connectivity index (χ1v) is 6.45. The van der Waals surface area contributed by atoms with E-state index in [1.165, 1.54) is 0 Å². The molecule has 0 saturated heterocycles. The molecule has 0 bridgehead atoms. The summed E-state index contributed by atoms with van der Waals surface area (Å²) in [6.45, 7) is 8.67. The Morgan fingerprint density at radius 3 is 2.78 bits per heavy atom. The standard InChI is InChI=1S/C14H24N2O2/c1-11(2)5-7-18-8-6-15-13-9-12(3)16-10-14(13)17-4/h9-11H,5-8H2,1-4H3,(H,15,16). The fourth-order valence-electron chi connectivity index (χ4n) is 1.53. The molecule has 1 heterocycles. The van der Waals surface area contributed by atoms with Crippen molar-refractivity contribution >= 4 is 5.69 Å². The van der Waals surface area contributed by atoms with Crippen LogP contribution in [0.5, 0.6) is 5.75 Å². The minimum Gasteiger partial charge on any atom is -0.493 e. The van der Waals surface area contributed by atoms with Gasteiger partial charge in [-0.1, -0.05) is 13.8 Å². The first-order chi connectivity index (χ1) is 8.63. The van der Waals surface area contributed by atoms with E-state index in [-0.39, 0.29) is 0 Å².